The Balaban J connectivity index is 1.47. The van der Waals surface area contributed by atoms with Crippen molar-refractivity contribution in [3.63, 3.8) is 0 Å². The maximum absolute atomic E-state index is 12.6. The molecule has 140 valence electrons. The van der Waals surface area contributed by atoms with Crippen molar-refractivity contribution in [1.82, 2.24) is 4.90 Å². The lowest BCUT2D eigenvalue weighted by Crippen LogP contribution is -2.33. The molecule has 0 aromatic heterocycles. The standard InChI is InChI=1S/C22H17NO5/c1-27-19-11-10-18(14-6-2-3-7-15(14)19)22(26)28-13-12-23-20(24)16-8-4-5-9-17(16)21(23)25/h2-11H,12-13H2,1H3. The number of amides is 2. The van der Waals surface area contributed by atoms with Crippen molar-refractivity contribution in [2.75, 3.05) is 20.3 Å². The summed E-state index contributed by atoms with van der Waals surface area (Å²) in [4.78, 5) is 38.4. The largest absolute Gasteiger partial charge is 0.496 e. The molecule has 0 aliphatic carbocycles. The Morgan fingerprint density at radius 3 is 2.11 bits per heavy atom. The van der Waals surface area contributed by atoms with Gasteiger partial charge in [0.25, 0.3) is 11.8 Å². The first-order valence-electron chi connectivity index (χ1n) is 8.80. The van der Waals surface area contributed by atoms with Crippen LogP contribution in [-0.4, -0.2) is 42.9 Å². The van der Waals surface area contributed by atoms with E-state index in [1.165, 1.54) is 0 Å². The van der Waals surface area contributed by atoms with Crippen molar-refractivity contribution in [2.45, 2.75) is 0 Å². The number of esters is 1. The second kappa shape index (κ2) is 7.15. The van der Waals surface area contributed by atoms with Crippen LogP contribution in [0.2, 0.25) is 0 Å². The summed E-state index contributed by atoms with van der Waals surface area (Å²) in [5.74, 6) is -0.591. The first-order valence-corrected chi connectivity index (χ1v) is 8.80. The molecule has 0 saturated heterocycles. The van der Waals surface area contributed by atoms with Crippen LogP contribution in [0.5, 0.6) is 5.75 Å². The summed E-state index contributed by atoms with van der Waals surface area (Å²) in [6.45, 7) is -0.0726. The number of carbonyl (C=O) groups is 3. The van der Waals surface area contributed by atoms with Crippen LogP contribution in [0.15, 0.2) is 60.7 Å². The summed E-state index contributed by atoms with van der Waals surface area (Å²) < 4.78 is 10.7. The lowest BCUT2D eigenvalue weighted by atomic mass is 10.0. The van der Waals surface area contributed by atoms with Crippen LogP contribution < -0.4 is 4.74 Å². The van der Waals surface area contributed by atoms with E-state index in [1.807, 2.05) is 24.3 Å². The smallest absolute Gasteiger partial charge is 0.338 e. The molecule has 1 aliphatic rings. The highest BCUT2D eigenvalue weighted by atomic mass is 16.5. The minimum Gasteiger partial charge on any atom is -0.496 e. The number of hydrogen-bond acceptors (Lipinski definition) is 5. The summed E-state index contributed by atoms with van der Waals surface area (Å²) in [5, 5.41) is 1.52. The number of imide groups is 1. The third-order valence-electron chi connectivity index (χ3n) is 4.75. The van der Waals surface area contributed by atoms with Crippen LogP contribution in [0.4, 0.5) is 0 Å². The first-order chi connectivity index (χ1) is 13.6. The molecule has 6 nitrogen and oxygen atoms in total. The van der Waals surface area contributed by atoms with Gasteiger partial charge in [-0.3, -0.25) is 14.5 Å². The molecule has 2 amide bonds. The third-order valence-corrected chi connectivity index (χ3v) is 4.75. The first kappa shape index (κ1) is 17.7. The van der Waals surface area contributed by atoms with Gasteiger partial charge in [0.1, 0.15) is 12.4 Å². The van der Waals surface area contributed by atoms with E-state index in [0.29, 0.717) is 27.8 Å². The van der Waals surface area contributed by atoms with Crippen molar-refractivity contribution in [3.05, 3.63) is 77.4 Å². The van der Waals surface area contributed by atoms with E-state index in [1.54, 1.807) is 43.5 Å². The predicted molar refractivity (Wildman–Crippen MR) is 103 cm³/mol. The maximum Gasteiger partial charge on any atom is 0.338 e. The number of rotatable bonds is 5. The molecule has 3 aromatic carbocycles. The summed E-state index contributed by atoms with van der Waals surface area (Å²) >= 11 is 0. The molecule has 0 spiro atoms. The van der Waals surface area contributed by atoms with Gasteiger partial charge in [0.15, 0.2) is 0 Å². The Hall–Kier alpha value is -3.67. The third kappa shape index (κ3) is 2.89. The zero-order valence-electron chi connectivity index (χ0n) is 15.2. The van der Waals surface area contributed by atoms with Gasteiger partial charge >= 0.3 is 5.97 Å². The molecular formula is C22H17NO5. The van der Waals surface area contributed by atoms with Crippen molar-refractivity contribution in [2.24, 2.45) is 0 Å². The molecule has 3 aromatic rings. The van der Waals surface area contributed by atoms with E-state index in [-0.39, 0.29) is 25.0 Å². The van der Waals surface area contributed by atoms with E-state index in [9.17, 15) is 14.4 Å². The summed E-state index contributed by atoms with van der Waals surface area (Å²) in [5.41, 5.74) is 1.15. The van der Waals surface area contributed by atoms with Crippen molar-refractivity contribution >= 4 is 28.6 Å². The fraction of sp³-hybridized carbons (Fsp3) is 0.136. The molecule has 0 fully saturated rings. The van der Waals surface area contributed by atoms with Gasteiger partial charge < -0.3 is 9.47 Å². The molecule has 0 bridgehead atoms. The quantitative estimate of drug-likeness (QED) is 0.505. The van der Waals surface area contributed by atoms with Gasteiger partial charge in [-0.25, -0.2) is 4.79 Å². The Morgan fingerprint density at radius 2 is 1.46 bits per heavy atom. The van der Waals surface area contributed by atoms with Crippen LogP contribution >= 0.6 is 0 Å². The van der Waals surface area contributed by atoms with E-state index >= 15 is 0 Å². The van der Waals surface area contributed by atoms with Gasteiger partial charge in [0, 0.05) is 5.39 Å². The van der Waals surface area contributed by atoms with Gasteiger partial charge in [-0.05, 0) is 29.7 Å². The Kier molecular flexibility index (Phi) is 4.53. The number of methoxy groups -OCH3 is 1. The minimum absolute atomic E-state index is 0.00612. The van der Waals surface area contributed by atoms with E-state index in [4.69, 9.17) is 9.47 Å². The molecule has 28 heavy (non-hydrogen) atoms. The van der Waals surface area contributed by atoms with Crippen LogP contribution in [0.25, 0.3) is 10.8 Å². The molecule has 1 heterocycles. The molecule has 1 aliphatic heterocycles. The zero-order valence-corrected chi connectivity index (χ0v) is 15.2. The fourth-order valence-electron chi connectivity index (χ4n) is 3.38. The Bertz CT molecular complexity index is 1070. The van der Waals surface area contributed by atoms with Crippen LogP contribution in [0.3, 0.4) is 0 Å². The number of hydrogen-bond donors (Lipinski definition) is 0. The van der Waals surface area contributed by atoms with Gasteiger partial charge in [0.05, 0.1) is 30.3 Å². The predicted octanol–water partition coefficient (Wildman–Crippen LogP) is 3.30. The monoisotopic (exact) mass is 375 g/mol. The van der Waals surface area contributed by atoms with Gasteiger partial charge in [0.2, 0.25) is 0 Å². The lowest BCUT2D eigenvalue weighted by molar-refractivity contribution is 0.0422. The number of nitrogens with zero attached hydrogens (tertiary/aromatic N) is 1. The fourth-order valence-corrected chi connectivity index (χ4v) is 3.38. The van der Waals surface area contributed by atoms with E-state index in [2.05, 4.69) is 0 Å². The number of carbonyl (C=O) groups excluding carboxylic acids is 3. The average Bonchev–Trinajstić information content (AvgIpc) is 2.98. The molecule has 4 rings (SSSR count). The van der Waals surface area contributed by atoms with Gasteiger partial charge in [-0.1, -0.05) is 36.4 Å². The zero-order chi connectivity index (χ0) is 19.7. The van der Waals surface area contributed by atoms with Crippen molar-refractivity contribution in [3.8, 4) is 5.75 Å². The minimum atomic E-state index is -0.518. The topological polar surface area (TPSA) is 72.9 Å². The summed E-state index contributed by atoms with van der Waals surface area (Å²) in [7, 11) is 1.57. The Labute approximate surface area is 161 Å². The van der Waals surface area contributed by atoms with Crippen molar-refractivity contribution in [1.29, 1.82) is 0 Å². The second-order valence-electron chi connectivity index (χ2n) is 6.30. The maximum atomic E-state index is 12.6. The SMILES string of the molecule is COc1ccc(C(=O)OCCN2C(=O)c3ccccc3C2=O)c2ccccc12. The normalized spacial score (nSPS) is 13.0. The number of benzene rings is 3. The van der Waals surface area contributed by atoms with Gasteiger partial charge in [-0.15, -0.1) is 0 Å². The molecule has 0 N–H and O–H groups in total. The number of fused-ring (bicyclic) bond motifs is 2. The lowest BCUT2D eigenvalue weighted by Gasteiger charge is -2.14. The van der Waals surface area contributed by atoms with Gasteiger partial charge in [-0.2, -0.15) is 0 Å². The Morgan fingerprint density at radius 1 is 0.857 bits per heavy atom. The van der Waals surface area contributed by atoms with Crippen LogP contribution in [0, 0.1) is 0 Å². The molecule has 6 heteroatoms. The van der Waals surface area contributed by atoms with Crippen LogP contribution in [-0.2, 0) is 4.74 Å². The average molecular weight is 375 g/mol. The molecule has 0 unspecified atom stereocenters. The molecule has 0 atom stereocenters. The summed E-state index contributed by atoms with van der Waals surface area (Å²) in [6, 6.07) is 17.4. The molecule has 0 radical (unpaired) electrons. The molecular weight excluding hydrogens is 358 g/mol. The van der Waals surface area contributed by atoms with Crippen LogP contribution in [0.1, 0.15) is 31.1 Å². The van der Waals surface area contributed by atoms with E-state index < -0.39 is 5.97 Å². The molecule has 0 saturated carbocycles. The highest BCUT2D eigenvalue weighted by Crippen LogP contribution is 2.29. The van der Waals surface area contributed by atoms with Crippen molar-refractivity contribution < 1.29 is 23.9 Å². The highest BCUT2D eigenvalue weighted by Gasteiger charge is 2.34. The number of ether oxygens (including phenoxy) is 2. The highest BCUT2D eigenvalue weighted by molar-refractivity contribution is 6.21. The second-order valence-corrected chi connectivity index (χ2v) is 6.30. The van der Waals surface area contributed by atoms with E-state index in [0.717, 1.165) is 10.3 Å². The summed E-state index contributed by atoms with van der Waals surface area (Å²) in [6.07, 6.45) is 0.